The Kier molecular flexibility index (Phi) is 1.85. The molecule has 1 aromatic rings. The number of anilines is 1. The van der Waals surface area contributed by atoms with Gasteiger partial charge in [-0.05, 0) is 0 Å². The molecule has 0 amide bonds. The van der Waals surface area contributed by atoms with Crippen molar-refractivity contribution in [3.05, 3.63) is 18.3 Å². The number of hydrogen-bond donors (Lipinski definition) is 1. The average molecular weight is 153 g/mol. The SMILES string of the molecule is C=C(OC)c1cc(N)n(C)n1. The van der Waals surface area contributed by atoms with Gasteiger partial charge in [-0.3, -0.25) is 4.68 Å². The van der Waals surface area contributed by atoms with Gasteiger partial charge in [-0.25, -0.2) is 0 Å². The van der Waals surface area contributed by atoms with Crippen molar-refractivity contribution in [3.63, 3.8) is 0 Å². The second kappa shape index (κ2) is 2.65. The molecule has 4 heteroatoms. The number of nitrogens with zero attached hydrogens (tertiary/aromatic N) is 2. The molecule has 1 aromatic heterocycles. The molecule has 0 radical (unpaired) electrons. The summed E-state index contributed by atoms with van der Waals surface area (Å²) >= 11 is 0. The highest BCUT2D eigenvalue weighted by atomic mass is 16.5. The smallest absolute Gasteiger partial charge is 0.139 e. The third-order valence-corrected chi connectivity index (χ3v) is 1.45. The summed E-state index contributed by atoms with van der Waals surface area (Å²) in [7, 11) is 3.31. The van der Waals surface area contributed by atoms with Crippen molar-refractivity contribution >= 4 is 11.6 Å². The van der Waals surface area contributed by atoms with E-state index in [1.807, 2.05) is 0 Å². The fraction of sp³-hybridized carbons (Fsp3) is 0.286. The van der Waals surface area contributed by atoms with Crippen LogP contribution in [0.1, 0.15) is 5.69 Å². The zero-order valence-corrected chi connectivity index (χ0v) is 6.66. The van der Waals surface area contributed by atoms with Gasteiger partial charge < -0.3 is 10.5 Å². The Morgan fingerprint density at radius 3 is 2.82 bits per heavy atom. The summed E-state index contributed by atoms with van der Waals surface area (Å²) in [4.78, 5) is 0. The van der Waals surface area contributed by atoms with Crippen LogP contribution in [0.5, 0.6) is 0 Å². The second-order valence-electron chi connectivity index (χ2n) is 2.21. The predicted molar refractivity (Wildman–Crippen MR) is 43.7 cm³/mol. The van der Waals surface area contributed by atoms with Crippen LogP contribution in [0.25, 0.3) is 5.76 Å². The Hall–Kier alpha value is -1.45. The maximum atomic E-state index is 5.54. The van der Waals surface area contributed by atoms with Gasteiger partial charge in [0.25, 0.3) is 0 Å². The summed E-state index contributed by atoms with van der Waals surface area (Å²) in [5, 5.41) is 4.05. The van der Waals surface area contributed by atoms with Gasteiger partial charge in [0, 0.05) is 13.1 Å². The molecule has 1 rings (SSSR count). The molecule has 0 aromatic carbocycles. The second-order valence-corrected chi connectivity index (χ2v) is 2.21. The van der Waals surface area contributed by atoms with Crippen LogP contribution in [0.2, 0.25) is 0 Å². The van der Waals surface area contributed by atoms with Gasteiger partial charge in [0.05, 0.1) is 7.11 Å². The Balaban J connectivity index is 2.97. The fourth-order valence-electron chi connectivity index (χ4n) is 0.723. The third-order valence-electron chi connectivity index (χ3n) is 1.45. The number of ether oxygens (including phenoxy) is 1. The van der Waals surface area contributed by atoms with Crippen molar-refractivity contribution in [2.24, 2.45) is 7.05 Å². The van der Waals surface area contributed by atoms with Crippen LogP contribution >= 0.6 is 0 Å². The van der Waals surface area contributed by atoms with Gasteiger partial charge in [0.2, 0.25) is 0 Å². The van der Waals surface area contributed by atoms with E-state index in [-0.39, 0.29) is 0 Å². The first kappa shape index (κ1) is 7.65. The maximum Gasteiger partial charge on any atom is 0.139 e. The third kappa shape index (κ3) is 1.34. The van der Waals surface area contributed by atoms with Crippen molar-refractivity contribution in [1.29, 1.82) is 0 Å². The molecule has 0 unspecified atom stereocenters. The fourth-order valence-corrected chi connectivity index (χ4v) is 0.723. The molecule has 4 nitrogen and oxygen atoms in total. The lowest BCUT2D eigenvalue weighted by molar-refractivity contribution is 0.369. The molecule has 60 valence electrons. The van der Waals surface area contributed by atoms with Gasteiger partial charge in [-0.1, -0.05) is 6.58 Å². The highest BCUT2D eigenvalue weighted by Crippen LogP contribution is 2.12. The van der Waals surface area contributed by atoms with Gasteiger partial charge in [0.1, 0.15) is 17.3 Å². The Morgan fingerprint density at radius 1 is 1.82 bits per heavy atom. The molecule has 0 aliphatic carbocycles. The molecule has 0 spiro atoms. The average Bonchev–Trinajstić information content (AvgIpc) is 2.31. The van der Waals surface area contributed by atoms with Gasteiger partial charge in [-0.2, -0.15) is 5.10 Å². The van der Waals surface area contributed by atoms with Crippen LogP contribution in [0, 0.1) is 0 Å². The van der Waals surface area contributed by atoms with E-state index in [4.69, 9.17) is 10.5 Å². The van der Waals surface area contributed by atoms with Gasteiger partial charge in [-0.15, -0.1) is 0 Å². The molecule has 0 saturated heterocycles. The minimum Gasteiger partial charge on any atom is -0.495 e. The van der Waals surface area contributed by atoms with Crippen LogP contribution in [0.3, 0.4) is 0 Å². The normalized spacial score (nSPS) is 9.64. The van der Waals surface area contributed by atoms with E-state index in [9.17, 15) is 0 Å². The summed E-state index contributed by atoms with van der Waals surface area (Å²) in [6, 6.07) is 1.71. The molecule has 0 fully saturated rings. The lowest BCUT2D eigenvalue weighted by Crippen LogP contribution is -1.97. The standard InChI is InChI=1S/C7H11N3O/c1-5(11-3)6-4-7(8)10(2)9-6/h4H,1,8H2,2-3H3. The summed E-state index contributed by atoms with van der Waals surface area (Å²) in [6.45, 7) is 3.64. The van der Waals surface area contributed by atoms with Crippen LogP contribution in [0.4, 0.5) is 5.82 Å². The van der Waals surface area contributed by atoms with Gasteiger partial charge in [0.15, 0.2) is 0 Å². The molecule has 1 heterocycles. The first-order valence-corrected chi connectivity index (χ1v) is 3.18. The first-order valence-electron chi connectivity index (χ1n) is 3.18. The minimum absolute atomic E-state index is 0.525. The van der Waals surface area contributed by atoms with Crippen molar-refractivity contribution in [2.75, 3.05) is 12.8 Å². The highest BCUT2D eigenvalue weighted by molar-refractivity contribution is 5.56. The number of rotatable bonds is 2. The number of nitrogens with two attached hydrogens (primary N) is 1. The highest BCUT2D eigenvalue weighted by Gasteiger charge is 2.04. The summed E-state index contributed by atoms with van der Waals surface area (Å²) in [5.74, 6) is 1.12. The quantitative estimate of drug-likeness (QED) is 0.633. The molecular weight excluding hydrogens is 142 g/mol. The monoisotopic (exact) mass is 153 g/mol. The number of nitrogen functional groups attached to an aromatic ring is 1. The molecule has 0 aliphatic rings. The van der Waals surface area contributed by atoms with Crippen LogP contribution in [0.15, 0.2) is 12.6 Å². The summed E-state index contributed by atoms with van der Waals surface area (Å²) in [6.07, 6.45) is 0. The Bertz CT molecular complexity index is 258. The van der Waals surface area contributed by atoms with E-state index in [0.29, 0.717) is 17.3 Å². The van der Waals surface area contributed by atoms with Crippen LogP contribution < -0.4 is 5.73 Å². The predicted octanol–water partition coefficient (Wildman–Crippen LogP) is 0.619. The first-order chi connectivity index (χ1) is 5.15. The van der Waals surface area contributed by atoms with E-state index >= 15 is 0 Å². The van der Waals surface area contributed by atoms with E-state index in [0.717, 1.165) is 0 Å². The number of methoxy groups -OCH3 is 1. The van der Waals surface area contributed by atoms with Crippen molar-refractivity contribution in [1.82, 2.24) is 9.78 Å². The van der Waals surface area contributed by atoms with Gasteiger partial charge >= 0.3 is 0 Å². The lowest BCUT2D eigenvalue weighted by Gasteiger charge is -1.96. The molecule has 0 saturated carbocycles. The lowest BCUT2D eigenvalue weighted by atomic mass is 10.4. The maximum absolute atomic E-state index is 5.54. The molecule has 2 N–H and O–H groups in total. The van der Waals surface area contributed by atoms with E-state index in [2.05, 4.69) is 11.7 Å². The summed E-state index contributed by atoms with van der Waals surface area (Å²) in [5.41, 5.74) is 6.21. The van der Waals surface area contributed by atoms with Crippen molar-refractivity contribution in [3.8, 4) is 0 Å². The number of aromatic nitrogens is 2. The van der Waals surface area contributed by atoms with E-state index in [1.54, 1.807) is 24.9 Å². The largest absolute Gasteiger partial charge is 0.495 e. The Labute approximate surface area is 65.3 Å². The zero-order valence-electron chi connectivity index (χ0n) is 6.66. The zero-order chi connectivity index (χ0) is 8.43. The topological polar surface area (TPSA) is 53.1 Å². The summed E-state index contributed by atoms with van der Waals surface area (Å²) < 4.78 is 6.45. The number of aryl methyl sites for hydroxylation is 1. The van der Waals surface area contributed by atoms with Crippen LogP contribution in [-0.4, -0.2) is 16.9 Å². The number of hydrogen-bond acceptors (Lipinski definition) is 3. The molecule has 11 heavy (non-hydrogen) atoms. The minimum atomic E-state index is 0.525. The molecular formula is C7H11N3O. The molecule has 0 bridgehead atoms. The van der Waals surface area contributed by atoms with E-state index < -0.39 is 0 Å². The van der Waals surface area contributed by atoms with Crippen molar-refractivity contribution in [2.45, 2.75) is 0 Å². The van der Waals surface area contributed by atoms with E-state index in [1.165, 1.54) is 0 Å². The molecule has 0 aliphatic heterocycles. The Morgan fingerprint density at radius 2 is 2.45 bits per heavy atom. The van der Waals surface area contributed by atoms with Crippen LogP contribution in [-0.2, 0) is 11.8 Å². The van der Waals surface area contributed by atoms with Crippen molar-refractivity contribution < 1.29 is 4.74 Å². The molecule has 0 atom stereocenters.